The zero-order chi connectivity index (χ0) is 25.6. The number of benzene rings is 2. The summed E-state index contributed by atoms with van der Waals surface area (Å²) >= 11 is 12.7. The first-order chi connectivity index (χ1) is 17.3. The summed E-state index contributed by atoms with van der Waals surface area (Å²) in [6.07, 6.45) is 0.0925. The van der Waals surface area contributed by atoms with Gasteiger partial charge in [0, 0.05) is 18.5 Å². The molecule has 12 heteroatoms. The molecule has 0 spiro atoms. The number of nitrogens with one attached hydrogen (secondary N) is 1. The lowest BCUT2D eigenvalue weighted by Gasteiger charge is -2.24. The highest BCUT2D eigenvalue weighted by Gasteiger charge is 2.47. The van der Waals surface area contributed by atoms with Crippen LogP contribution >= 0.6 is 23.2 Å². The number of esters is 1. The van der Waals surface area contributed by atoms with E-state index in [1.807, 2.05) is 24.3 Å². The minimum absolute atomic E-state index is 0.0116. The van der Waals surface area contributed by atoms with Gasteiger partial charge in [-0.05, 0) is 24.3 Å². The molecular formula is C24H21Cl2N5O5. The van der Waals surface area contributed by atoms with Gasteiger partial charge in [-0.2, -0.15) is 0 Å². The van der Waals surface area contributed by atoms with Crippen molar-refractivity contribution in [1.82, 2.24) is 24.7 Å². The highest BCUT2D eigenvalue weighted by atomic mass is 35.5. The Bertz CT molecular complexity index is 1390. The third kappa shape index (κ3) is 4.06. The van der Waals surface area contributed by atoms with Crippen LogP contribution in [-0.2, 0) is 25.7 Å². The summed E-state index contributed by atoms with van der Waals surface area (Å²) in [7, 11) is 1.23. The highest BCUT2D eigenvalue weighted by Crippen LogP contribution is 2.35. The number of carbonyl (C=O) groups excluding carboxylic acids is 4. The molecule has 5 rings (SSSR count). The summed E-state index contributed by atoms with van der Waals surface area (Å²) in [5.74, 6) is -0.980. The number of fused-ring (bicyclic) bond motifs is 1. The van der Waals surface area contributed by atoms with E-state index in [4.69, 9.17) is 27.9 Å². The van der Waals surface area contributed by atoms with E-state index in [1.165, 1.54) is 12.0 Å². The molecule has 0 saturated carbocycles. The normalized spacial score (nSPS) is 19.8. The summed E-state index contributed by atoms with van der Waals surface area (Å²) < 4.78 is 6.63. The van der Waals surface area contributed by atoms with Crippen LogP contribution in [0.15, 0.2) is 42.5 Å². The van der Waals surface area contributed by atoms with Crippen molar-refractivity contribution in [2.24, 2.45) is 0 Å². The van der Waals surface area contributed by atoms with E-state index < -0.39 is 35.9 Å². The fraction of sp³-hybridized carbons (Fsp3) is 0.292. The number of halogens is 2. The van der Waals surface area contributed by atoms with Crippen LogP contribution in [0.25, 0.3) is 22.4 Å². The number of imide groups is 1. The molecule has 36 heavy (non-hydrogen) atoms. The molecule has 10 nitrogen and oxygen atoms in total. The molecule has 2 aliphatic rings. The molecule has 2 fully saturated rings. The number of methoxy groups -OCH3 is 1. The first-order valence-corrected chi connectivity index (χ1v) is 11.9. The van der Waals surface area contributed by atoms with Crippen LogP contribution in [-0.4, -0.2) is 75.4 Å². The van der Waals surface area contributed by atoms with Crippen molar-refractivity contribution in [3.05, 3.63) is 52.5 Å². The van der Waals surface area contributed by atoms with Gasteiger partial charge in [-0.1, -0.05) is 41.4 Å². The van der Waals surface area contributed by atoms with E-state index in [0.717, 1.165) is 4.90 Å². The number of likely N-dealkylation sites (tertiary alicyclic amines) is 1. The summed E-state index contributed by atoms with van der Waals surface area (Å²) in [4.78, 5) is 57.8. The van der Waals surface area contributed by atoms with Gasteiger partial charge in [0.1, 0.15) is 18.4 Å². The van der Waals surface area contributed by atoms with E-state index in [2.05, 4.69) is 10.3 Å². The number of nitrogens with zero attached hydrogens (tertiary/aromatic N) is 4. The quantitative estimate of drug-likeness (QED) is 0.401. The lowest BCUT2D eigenvalue weighted by atomic mass is 10.1. The van der Waals surface area contributed by atoms with Gasteiger partial charge >= 0.3 is 12.0 Å². The molecule has 1 aromatic heterocycles. The molecule has 2 saturated heterocycles. The Morgan fingerprint density at radius 3 is 2.64 bits per heavy atom. The minimum Gasteiger partial charge on any atom is -0.467 e. The second-order valence-corrected chi connectivity index (χ2v) is 9.29. The Morgan fingerprint density at radius 2 is 1.92 bits per heavy atom. The van der Waals surface area contributed by atoms with Crippen LogP contribution in [0.3, 0.4) is 0 Å². The van der Waals surface area contributed by atoms with Crippen LogP contribution < -0.4 is 5.32 Å². The van der Waals surface area contributed by atoms with Crippen molar-refractivity contribution in [1.29, 1.82) is 0 Å². The Morgan fingerprint density at radius 1 is 1.14 bits per heavy atom. The molecule has 0 radical (unpaired) electrons. The Balaban J connectivity index is 1.51. The lowest BCUT2D eigenvalue weighted by Crippen LogP contribution is -2.44. The highest BCUT2D eigenvalue weighted by molar-refractivity contribution is 6.43. The molecule has 2 aromatic carbocycles. The Kier molecular flexibility index (Phi) is 6.31. The van der Waals surface area contributed by atoms with E-state index in [-0.39, 0.29) is 26.1 Å². The second kappa shape index (κ2) is 9.44. The van der Waals surface area contributed by atoms with Crippen LogP contribution in [0.4, 0.5) is 4.79 Å². The molecule has 1 N–H and O–H groups in total. The van der Waals surface area contributed by atoms with Crippen molar-refractivity contribution in [3.63, 3.8) is 0 Å². The van der Waals surface area contributed by atoms with Gasteiger partial charge in [0.25, 0.3) is 0 Å². The molecule has 0 aliphatic carbocycles. The maximum atomic E-state index is 13.7. The zero-order valence-corrected chi connectivity index (χ0v) is 20.6. The van der Waals surface area contributed by atoms with Crippen molar-refractivity contribution in [3.8, 4) is 11.4 Å². The number of amides is 4. The van der Waals surface area contributed by atoms with Gasteiger partial charge in [0.15, 0.2) is 0 Å². The standard InChI is InChI=1S/C24H21Cl2N5O5/c1-36-23(34)18-9-13(31-19(32)10-27-24(31)35)11-29(18)20(33)12-30-17-8-3-2-7-16(17)28-22(30)14-5-4-6-15(25)21(14)26/h2-8,13,18H,9-12H2,1H3,(H,27,35)/t13-,18-/m0/s1. The summed E-state index contributed by atoms with van der Waals surface area (Å²) in [6, 6.07) is 10.3. The van der Waals surface area contributed by atoms with Crippen molar-refractivity contribution >= 4 is 58.1 Å². The third-order valence-electron chi connectivity index (χ3n) is 6.46. The number of para-hydroxylation sites is 2. The fourth-order valence-corrected chi connectivity index (χ4v) is 5.17. The van der Waals surface area contributed by atoms with Gasteiger partial charge in [-0.25, -0.2) is 14.6 Å². The van der Waals surface area contributed by atoms with E-state index in [1.54, 1.807) is 22.8 Å². The largest absolute Gasteiger partial charge is 0.467 e. The third-order valence-corrected chi connectivity index (χ3v) is 7.28. The average molecular weight is 530 g/mol. The van der Waals surface area contributed by atoms with Gasteiger partial charge < -0.3 is 19.5 Å². The number of carbonyl (C=O) groups is 4. The average Bonchev–Trinajstić information content (AvgIpc) is 3.56. The molecule has 3 heterocycles. The molecule has 0 unspecified atom stereocenters. The Labute approximate surface area is 215 Å². The summed E-state index contributed by atoms with van der Waals surface area (Å²) in [5, 5.41) is 3.12. The molecule has 2 atom stereocenters. The monoisotopic (exact) mass is 529 g/mol. The van der Waals surface area contributed by atoms with Gasteiger partial charge in [-0.3, -0.25) is 14.5 Å². The minimum atomic E-state index is -0.943. The lowest BCUT2D eigenvalue weighted by molar-refractivity contribution is -0.151. The smallest absolute Gasteiger partial charge is 0.328 e. The second-order valence-electron chi connectivity index (χ2n) is 8.51. The number of imidazole rings is 1. The number of urea groups is 1. The topological polar surface area (TPSA) is 114 Å². The van der Waals surface area contributed by atoms with Crippen LogP contribution in [0.5, 0.6) is 0 Å². The van der Waals surface area contributed by atoms with Gasteiger partial charge in [0.05, 0.1) is 40.8 Å². The molecule has 2 aliphatic heterocycles. The predicted molar refractivity (Wildman–Crippen MR) is 131 cm³/mol. The van der Waals surface area contributed by atoms with Crippen molar-refractivity contribution in [2.75, 3.05) is 20.2 Å². The van der Waals surface area contributed by atoms with Crippen molar-refractivity contribution in [2.45, 2.75) is 25.0 Å². The van der Waals surface area contributed by atoms with Crippen molar-refractivity contribution < 1.29 is 23.9 Å². The van der Waals surface area contributed by atoms with Gasteiger partial charge in [-0.15, -0.1) is 0 Å². The molecule has 3 aromatic rings. The fourth-order valence-electron chi connectivity index (χ4n) is 4.78. The number of rotatable bonds is 5. The van der Waals surface area contributed by atoms with E-state index in [0.29, 0.717) is 32.5 Å². The molecule has 186 valence electrons. The van der Waals surface area contributed by atoms with Gasteiger partial charge in [0.2, 0.25) is 11.8 Å². The molecule has 0 bridgehead atoms. The number of hydrogen-bond acceptors (Lipinski definition) is 6. The molecule has 4 amide bonds. The Hall–Kier alpha value is -3.63. The number of aromatic nitrogens is 2. The zero-order valence-electron chi connectivity index (χ0n) is 19.1. The SMILES string of the molecule is COC(=O)[C@@H]1C[C@H](N2C(=O)CNC2=O)CN1C(=O)Cn1c(-c2cccc(Cl)c2Cl)nc2ccccc21. The molecular weight excluding hydrogens is 509 g/mol. The predicted octanol–water partition coefficient (Wildman–Crippen LogP) is 2.70. The summed E-state index contributed by atoms with van der Waals surface area (Å²) in [5.41, 5.74) is 1.90. The number of hydrogen-bond donors (Lipinski definition) is 1. The first kappa shape index (κ1) is 24.1. The summed E-state index contributed by atoms with van der Waals surface area (Å²) in [6.45, 7) is -0.270. The maximum Gasteiger partial charge on any atom is 0.328 e. The van der Waals surface area contributed by atoms with Crippen LogP contribution in [0, 0.1) is 0 Å². The van der Waals surface area contributed by atoms with Crippen LogP contribution in [0.1, 0.15) is 6.42 Å². The number of ether oxygens (including phenoxy) is 1. The maximum absolute atomic E-state index is 13.7. The first-order valence-electron chi connectivity index (χ1n) is 11.2. The van der Waals surface area contributed by atoms with E-state index in [9.17, 15) is 19.2 Å². The van der Waals surface area contributed by atoms with Crippen LogP contribution in [0.2, 0.25) is 10.0 Å². The van der Waals surface area contributed by atoms with E-state index >= 15 is 0 Å².